The van der Waals surface area contributed by atoms with Crippen molar-refractivity contribution in [2.75, 3.05) is 0 Å². The first-order valence-electron chi connectivity index (χ1n) is 6.38. The van der Waals surface area contributed by atoms with Crippen LogP contribution in [0.2, 0.25) is 5.02 Å². The summed E-state index contributed by atoms with van der Waals surface area (Å²) in [6, 6.07) is 9.43. The van der Waals surface area contributed by atoms with E-state index >= 15 is 0 Å². The molecule has 0 bridgehead atoms. The van der Waals surface area contributed by atoms with Gasteiger partial charge < -0.3 is 0 Å². The summed E-state index contributed by atoms with van der Waals surface area (Å²) in [5, 5.41) is 4.99. The molecule has 3 nitrogen and oxygen atoms in total. The first-order valence-corrected chi connectivity index (χ1v) is 6.76. The highest BCUT2D eigenvalue weighted by Crippen LogP contribution is 2.16. The number of hydrogen-bond donors (Lipinski definition) is 0. The molecule has 0 aliphatic heterocycles. The summed E-state index contributed by atoms with van der Waals surface area (Å²) >= 11 is 6.06. The van der Waals surface area contributed by atoms with Gasteiger partial charge in [0.1, 0.15) is 5.78 Å². The molecule has 0 fully saturated rings. The van der Waals surface area contributed by atoms with Crippen LogP contribution in [0.4, 0.5) is 0 Å². The van der Waals surface area contributed by atoms with E-state index < -0.39 is 0 Å². The van der Waals surface area contributed by atoms with Crippen molar-refractivity contribution >= 4 is 17.4 Å². The molecule has 4 heteroatoms. The zero-order chi connectivity index (χ0) is 13.8. The van der Waals surface area contributed by atoms with Gasteiger partial charge in [0.15, 0.2) is 0 Å². The predicted octanol–water partition coefficient (Wildman–Crippen LogP) is 3.22. The van der Waals surface area contributed by atoms with Crippen molar-refractivity contribution in [1.29, 1.82) is 0 Å². The maximum atomic E-state index is 12.1. The summed E-state index contributed by atoms with van der Waals surface area (Å²) in [5.41, 5.74) is 2.80. The van der Waals surface area contributed by atoms with Crippen LogP contribution in [0.5, 0.6) is 0 Å². The Labute approximate surface area is 118 Å². The molecular weight excluding hydrogens is 260 g/mol. The van der Waals surface area contributed by atoms with Crippen LogP contribution in [0.3, 0.4) is 0 Å². The quantitative estimate of drug-likeness (QED) is 0.840. The number of nitrogens with zero attached hydrogens (tertiary/aromatic N) is 2. The smallest absolute Gasteiger partial charge is 0.143 e. The Hall–Kier alpha value is -1.61. The molecule has 100 valence electrons. The van der Waals surface area contributed by atoms with Crippen LogP contribution < -0.4 is 0 Å². The number of ketones is 1. The first-order chi connectivity index (χ1) is 9.10. The highest BCUT2D eigenvalue weighted by molar-refractivity contribution is 6.31. The zero-order valence-electron chi connectivity index (χ0n) is 11.2. The Balaban J connectivity index is 2.07. The number of aryl methyl sites for hydroxylation is 2. The Bertz CT molecular complexity index is 590. The van der Waals surface area contributed by atoms with Crippen molar-refractivity contribution in [3.8, 4) is 0 Å². The summed E-state index contributed by atoms with van der Waals surface area (Å²) in [5.74, 6) is 0.155. The van der Waals surface area contributed by atoms with Gasteiger partial charge in [0, 0.05) is 30.1 Å². The van der Waals surface area contributed by atoms with Crippen LogP contribution >= 0.6 is 11.6 Å². The van der Waals surface area contributed by atoms with Gasteiger partial charge in [-0.15, -0.1) is 0 Å². The van der Waals surface area contributed by atoms with Crippen LogP contribution in [0.25, 0.3) is 0 Å². The molecule has 0 saturated heterocycles. The van der Waals surface area contributed by atoms with E-state index in [4.69, 9.17) is 11.6 Å². The van der Waals surface area contributed by atoms with Crippen molar-refractivity contribution in [2.45, 2.75) is 33.2 Å². The third kappa shape index (κ3) is 3.44. The summed E-state index contributed by atoms with van der Waals surface area (Å²) in [7, 11) is 0. The van der Waals surface area contributed by atoms with E-state index in [-0.39, 0.29) is 5.78 Å². The van der Waals surface area contributed by atoms with Crippen molar-refractivity contribution < 1.29 is 4.79 Å². The molecule has 19 heavy (non-hydrogen) atoms. The van der Waals surface area contributed by atoms with E-state index in [1.54, 1.807) is 0 Å². The standard InChI is InChI=1S/C15H17ClN2O/c1-3-18-13(8-11(2)17-18)10-14(19)9-12-6-4-5-7-15(12)16/h4-8H,3,9-10H2,1-2H3. The Morgan fingerprint density at radius 1 is 1.32 bits per heavy atom. The number of halogens is 1. The molecule has 0 atom stereocenters. The Morgan fingerprint density at radius 3 is 2.74 bits per heavy atom. The molecule has 0 radical (unpaired) electrons. The van der Waals surface area contributed by atoms with Gasteiger partial charge in [-0.2, -0.15) is 5.10 Å². The maximum absolute atomic E-state index is 12.1. The lowest BCUT2D eigenvalue weighted by Crippen LogP contribution is -2.11. The monoisotopic (exact) mass is 276 g/mol. The van der Waals surface area contributed by atoms with Crippen LogP contribution in [0.1, 0.15) is 23.9 Å². The number of aromatic nitrogens is 2. The average Bonchev–Trinajstić information content (AvgIpc) is 2.72. The van der Waals surface area contributed by atoms with Gasteiger partial charge in [-0.3, -0.25) is 9.48 Å². The average molecular weight is 277 g/mol. The molecule has 0 spiro atoms. The fourth-order valence-electron chi connectivity index (χ4n) is 2.13. The summed E-state index contributed by atoms with van der Waals surface area (Å²) in [6.45, 7) is 4.74. The molecule has 0 aliphatic carbocycles. The molecule has 2 rings (SSSR count). The number of rotatable bonds is 5. The van der Waals surface area contributed by atoms with Gasteiger partial charge in [-0.25, -0.2) is 0 Å². The van der Waals surface area contributed by atoms with Crippen LogP contribution in [-0.2, 0) is 24.2 Å². The van der Waals surface area contributed by atoms with E-state index in [0.717, 1.165) is 23.5 Å². The number of Topliss-reactive ketones (excluding diaryl/α,β-unsaturated/α-hetero) is 1. The Kier molecular flexibility index (Phi) is 4.38. The largest absolute Gasteiger partial charge is 0.299 e. The molecule has 0 amide bonds. The van der Waals surface area contributed by atoms with Crippen molar-refractivity contribution in [3.05, 3.63) is 52.3 Å². The molecule has 1 aromatic heterocycles. The lowest BCUT2D eigenvalue weighted by atomic mass is 10.1. The van der Waals surface area contributed by atoms with Crippen LogP contribution in [-0.4, -0.2) is 15.6 Å². The van der Waals surface area contributed by atoms with Crippen LogP contribution in [0, 0.1) is 6.92 Å². The second-order valence-corrected chi connectivity index (χ2v) is 4.98. The maximum Gasteiger partial charge on any atom is 0.143 e. The third-order valence-corrected chi connectivity index (χ3v) is 3.38. The van der Waals surface area contributed by atoms with Crippen molar-refractivity contribution in [2.24, 2.45) is 0 Å². The molecule has 0 aliphatic rings. The first kappa shape index (κ1) is 13.8. The normalized spacial score (nSPS) is 10.7. The van der Waals surface area contributed by atoms with Gasteiger partial charge in [0.25, 0.3) is 0 Å². The molecular formula is C15H17ClN2O. The highest BCUT2D eigenvalue weighted by atomic mass is 35.5. The van der Waals surface area contributed by atoms with Gasteiger partial charge in [-0.1, -0.05) is 29.8 Å². The van der Waals surface area contributed by atoms with Crippen molar-refractivity contribution in [3.63, 3.8) is 0 Å². The van der Waals surface area contributed by atoms with E-state index in [9.17, 15) is 4.79 Å². The minimum absolute atomic E-state index is 0.155. The highest BCUT2D eigenvalue weighted by Gasteiger charge is 2.11. The summed E-state index contributed by atoms with van der Waals surface area (Å²) in [4.78, 5) is 12.1. The minimum Gasteiger partial charge on any atom is -0.299 e. The predicted molar refractivity (Wildman–Crippen MR) is 76.5 cm³/mol. The second-order valence-electron chi connectivity index (χ2n) is 4.58. The topological polar surface area (TPSA) is 34.9 Å². The number of benzene rings is 1. The lowest BCUT2D eigenvalue weighted by molar-refractivity contribution is -0.117. The van der Waals surface area contributed by atoms with Gasteiger partial charge >= 0.3 is 0 Å². The number of carbonyl (C=O) groups excluding carboxylic acids is 1. The van der Waals surface area contributed by atoms with E-state index in [0.29, 0.717) is 17.9 Å². The third-order valence-electron chi connectivity index (χ3n) is 3.01. The second kappa shape index (κ2) is 6.02. The van der Waals surface area contributed by atoms with E-state index in [1.807, 2.05) is 48.9 Å². The molecule has 1 aromatic carbocycles. The van der Waals surface area contributed by atoms with E-state index in [1.165, 1.54) is 0 Å². The fraction of sp³-hybridized carbons (Fsp3) is 0.333. The molecule has 2 aromatic rings. The van der Waals surface area contributed by atoms with Crippen molar-refractivity contribution in [1.82, 2.24) is 9.78 Å². The molecule has 0 N–H and O–H groups in total. The van der Waals surface area contributed by atoms with Crippen LogP contribution in [0.15, 0.2) is 30.3 Å². The number of hydrogen-bond acceptors (Lipinski definition) is 2. The Morgan fingerprint density at radius 2 is 2.05 bits per heavy atom. The summed E-state index contributed by atoms with van der Waals surface area (Å²) in [6.07, 6.45) is 0.771. The lowest BCUT2D eigenvalue weighted by Gasteiger charge is -2.05. The SMILES string of the molecule is CCn1nc(C)cc1CC(=O)Cc1ccccc1Cl. The van der Waals surface area contributed by atoms with Gasteiger partial charge in [0.2, 0.25) is 0 Å². The molecule has 1 heterocycles. The summed E-state index contributed by atoms with van der Waals surface area (Å²) < 4.78 is 1.87. The molecule has 0 saturated carbocycles. The number of carbonyl (C=O) groups is 1. The zero-order valence-corrected chi connectivity index (χ0v) is 11.9. The van der Waals surface area contributed by atoms with Gasteiger partial charge in [0.05, 0.1) is 5.69 Å². The molecule has 0 unspecified atom stereocenters. The van der Waals surface area contributed by atoms with Gasteiger partial charge in [-0.05, 0) is 31.5 Å². The van der Waals surface area contributed by atoms with E-state index in [2.05, 4.69) is 5.10 Å². The fourth-order valence-corrected chi connectivity index (χ4v) is 2.34. The minimum atomic E-state index is 0.155.